The van der Waals surface area contributed by atoms with Crippen molar-refractivity contribution >= 4 is 0 Å². The quantitative estimate of drug-likeness (QED) is 0.333. The summed E-state index contributed by atoms with van der Waals surface area (Å²) in [6.07, 6.45) is 20.3. The monoisotopic (exact) mass is 278 g/mol. The van der Waals surface area contributed by atoms with Gasteiger partial charge in [-0.1, -0.05) is 103 Å². The Kier molecular flexibility index (Phi) is 24.9. The third-order valence-electron chi connectivity index (χ3n) is 3.75. The first kappa shape index (κ1) is 22.2. The molecule has 0 spiro atoms. The van der Waals surface area contributed by atoms with Crippen molar-refractivity contribution in [1.82, 2.24) is 0 Å². The third kappa shape index (κ3) is 21.4. The van der Waals surface area contributed by atoms with Crippen LogP contribution in [0.1, 0.15) is 103 Å². The Hall–Kier alpha value is 0.960. The number of hydrogen-bond donors (Lipinski definition) is 0. The zero-order chi connectivity index (χ0) is 13.3. The molecule has 0 unspecified atom stereocenters. The molecular formula is C17H35NaO. The van der Waals surface area contributed by atoms with Crippen LogP contribution in [0, 0.1) is 0 Å². The fourth-order valence-electron chi connectivity index (χ4n) is 2.47. The van der Waals surface area contributed by atoms with Gasteiger partial charge in [0.25, 0.3) is 0 Å². The average Bonchev–Trinajstić information content (AvgIpc) is 2.39. The summed E-state index contributed by atoms with van der Waals surface area (Å²) in [4.78, 5) is 0. The van der Waals surface area contributed by atoms with E-state index in [1.165, 1.54) is 83.5 Å². The van der Waals surface area contributed by atoms with E-state index in [1.54, 1.807) is 0 Å². The summed E-state index contributed by atoms with van der Waals surface area (Å²) in [6, 6.07) is 0. The van der Waals surface area contributed by atoms with Crippen LogP contribution in [0.5, 0.6) is 0 Å². The van der Waals surface area contributed by atoms with Gasteiger partial charge in [-0.2, -0.15) is 0 Å². The molecule has 0 amide bonds. The third-order valence-corrected chi connectivity index (χ3v) is 3.75. The SMILES string of the molecule is CCCCCCCCCCCCCCCCC[O-].[Na+]. The van der Waals surface area contributed by atoms with Crippen LogP contribution >= 0.6 is 0 Å². The maximum atomic E-state index is 10.2. The number of hydrogen-bond acceptors (Lipinski definition) is 1. The van der Waals surface area contributed by atoms with E-state index in [1.807, 2.05) is 0 Å². The van der Waals surface area contributed by atoms with Crippen LogP contribution in [0.15, 0.2) is 0 Å². The van der Waals surface area contributed by atoms with Crippen molar-refractivity contribution in [2.75, 3.05) is 6.61 Å². The summed E-state index contributed by atoms with van der Waals surface area (Å²) in [5.41, 5.74) is 0. The summed E-state index contributed by atoms with van der Waals surface area (Å²) < 4.78 is 0. The summed E-state index contributed by atoms with van der Waals surface area (Å²) in [6.45, 7) is 2.40. The standard InChI is InChI=1S/C17H35O.Na/c1-2-3-4-5-6-7-8-9-10-11-12-13-14-15-16-17-18;/h2-17H2,1H3;/q-1;+1. The normalized spacial score (nSPS) is 10.4. The number of rotatable bonds is 15. The molecule has 110 valence electrons. The predicted octanol–water partition coefficient (Wildman–Crippen LogP) is 2.22. The fourth-order valence-corrected chi connectivity index (χ4v) is 2.47. The Morgan fingerprint density at radius 1 is 0.474 bits per heavy atom. The van der Waals surface area contributed by atoms with Crippen molar-refractivity contribution in [2.24, 2.45) is 0 Å². The van der Waals surface area contributed by atoms with Gasteiger partial charge in [-0.25, -0.2) is 0 Å². The smallest absolute Gasteiger partial charge is 0.854 e. The Balaban J connectivity index is 0. The largest absolute Gasteiger partial charge is 1.00 e. The molecule has 0 rings (SSSR count). The Morgan fingerprint density at radius 2 is 0.737 bits per heavy atom. The second-order valence-corrected chi connectivity index (χ2v) is 5.65. The van der Waals surface area contributed by atoms with Crippen molar-refractivity contribution < 1.29 is 34.7 Å². The second kappa shape index (κ2) is 21.3. The first-order valence-electron chi connectivity index (χ1n) is 8.50. The molecule has 2 heteroatoms. The van der Waals surface area contributed by atoms with Gasteiger partial charge >= 0.3 is 29.6 Å². The van der Waals surface area contributed by atoms with Crippen molar-refractivity contribution in [3.8, 4) is 0 Å². The van der Waals surface area contributed by atoms with Gasteiger partial charge < -0.3 is 5.11 Å². The van der Waals surface area contributed by atoms with Gasteiger partial charge in [-0.3, -0.25) is 0 Å². The molecule has 0 aromatic carbocycles. The van der Waals surface area contributed by atoms with Gasteiger partial charge in [0.05, 0.1) is 0 Å². The van der Waals surface area contributed by atoms with E-state index in [0.29, 0.717) is 0 Å². The molecule has 0 radical (unpaired) electrons. The average molecular weight is 278 g/mol. The van der Waals surface area contributed by atoms with Crippen molar-refractivity contribution in [2.45, 2.75) is 103 Å². The molecule has 0 heterocycles. The molecule has 19 heavy (non-hydrogen) atoms. The Bertz CT molecular complexity index is 123. The molecule has 0 aliphatic heterocycles. The molecule has 0 bridgehead atoms. The summed E-state index contributed by atoms with van der Waals surface area (Å²) in [7, 11) is 0. The van der Waals surface area contributed by atoms with E-state index >= 15 is 0 Å². The van der Waals surface area contributed by atoms with Crippen LogP contribution in [-0.4, -0.2) is 6.61 Å². The molecule has 0 saturated heterocycles. The maximum absolute atomic E-state index is 10.2. The van der Waals surface area contributed by atoms with E-state index in [-0.39, 0.29) is 36.2 Å². The minimum absolute atomic E-state index is 0. The van der Waals surface area contributed by atoms with Crippen molar-refractivity contribution in [1.29, 1.82) is 0 Å². The van der Waals surface area contributed by atoms with Gasteiger partial charge in [0.15, 0.2) is 0 Å². The summed E-state index contributed by atoms with van der Waals surface area (Å²) in [5.74, 6) is 0. The molecule has 0 atom stereocenters. The topological polar surface area (TPSA) is 23.1 Å². The van der Waals surface area contributed by atoms with Crippen LogP contribution in [0.25, 0.3) is 0 Å². The van der Waals surface area contributed by atoms with Gasteiger partial charge in [0.2, 0.25) is 0 Å². The number of unbranched alkanes of at least 4 members (excludes halogenated alkanes) is 14. The minimum atomic E-state index is 0. The van der Waals surface area contributed by atoms with Gasteiger partial charge in [-0.15, -0.1) is 6.61 Å². The minimum Gasteiger partial charge on any atom is -0.854 e. The van der Waals surface area contributed by atoms with Crippen LogP contribution in [0.4, 0.5) is 0 Å². The zero-order valence-electron chi connectivity index (χ0n) is 13.7. The molecule has 0 aliphatic rings. The first-order valence-corrected chi connectivity index (χ1v) is 8.50. The molecule has 1 nitrogen and oxygen atoms in total. The van der Waals surface area contributed by atoms with Crippen LogP contribution in [0.2, 0.25) is 0 Å². The second-order valence-electron chi connectivity index (χ2n) is 5.65. The summed E-state index contributed by atoms with van der Waals surface area (Å²) in [5, 5.41) is 10.2. The van der Waals surface area contributed by atoms with Crippen LogP contribution in [0.3, 0.4) is 0 Å². The molecule has 0 aromatic heterocycles. The van der Waals surface area contributed by atoms with Gasteiger partial charge in [0.1, 0.15) is 0 Å². The van der Waals surface area contributed by atoms with E-state index in [9.17, 15) is 5.11 Å². The van der Waals surface area contributed by atoms with E-state index in [4.69, 9.17) is 0 Å². The molecule has 0 fully saturated rings. The molecular weight excluding hydrogens is 243 g/mol. The van der Waals surface area contributed by atoms with Gasteiger partial charge in [-0.05, 0) is 0 Å². The summed E-state index contributed by atoms with van der Waals surface area (Å²) >= 11 is 0. The Morgan fingerprint density at radius 3 is 1.00 bits per heavy atom. The Labute approximate surface area is 144 Å². The van der Waals surface area contributed by atoms with E-state index in [0.717, 1.165) is 12.8 Å². The first-order chi connectivity index (χ1) is 8.91. The predicted molar refractivity (Wildman–Crippen MR) is 79.8 cm³/mol. The maximum Gasteiger partial charge on any atom is 1.00 e. The molecule has 0 aromatic rings. The fraction of sp³-hybridized carbons (Fsp3) is 1.00. The van der Waals surface area contributed by atoms with E-state index in [2.05, 4.69) is 6.92 Å². The van der Waals surface area contributed by atoms with E-state index < -0.39 is 0 Å². The van der Waals surface area contributed by atoms with Crippen molar-refractivity contribution in [3.63, 3.8) is 0 Å². The van der Waals surface area contributed by atoms with Crippen LogP contribution < -0.4 is 34.7 Å². The molecule has 0 aliphatic carbocycles. The van der Waals surface area contributed by atoms with Crippen LogP contribution in [-0.2, 0) is 0 Å². The van der Waals surface area contributed by atoms with Gasteiger partial charge in [0, 0.05) is 0 Å². The molecule has 0 saturated carbocycles. The van der Waals surface area contributed by atoms with Crippen molar-refractivity contribution in [3.05, 3.63) is 0 Å². The zero-order valence-corrected chi connectivity index (χ0v) is 15.7. The molecule has 0 N–H and O–H groups in total.